The molecule has 1 saturated heterocycles. The van der Waals surface area contributed by atoms with Gasteiger partial charge in [-0.25, -0.2) is 13.4 Å². The lowest BCUT2D eigenvalue weighted by Gasteiger charge is -2.52. The van der Waals surface area contributed by atoms with Crippen LogP contribution in [-0.4, -0.2) is 54.1 Å². The molecule has 1 N–H and O–H groups in total. The van der Waals surface area contributed by atoms with Crippen LogP contribution in [0.1, 0.15) is 55.7 Å². The average molecular weight is 631 g/mol. The van der Waals surface area contributed by atoms with Crippen LogP contribution in [0.15, 0.2) is 72.9 Å². The molecule has 1 unspecified atom stereocenters. The van der Waals surface area contributed by atoms with Crippen molar-refractivity contribution in [3.63, 3.8) is 0 Å². The smallest absolute Gasteiger partial charge is 0.304 e. The maximum absolute atomic E-state index is 14.6. The number of aliphatic carboxylic acids is 1. The van der Waals surface area contributed by atoms with Crippen molar-refractivity contribution in [2.75, 3.05) is 17.1 Å². The zero-order valence-corrected chi connectivity index (χ0v) is 25.7. The molecule has 1 amide bonds. The average Bonchev–Trinajstić information content (AvgIpc) is 3.76. The van der Waals surface area contributed by atoms with Crippen LogP contribution >= 0.6 is 23.2 Å². The molecule has 1 aromatic heterocycles. The molecular weight excluding hydrogens is 597 g/mol. The van der Waals surface area contributed by atoms with Gasteiger partial charge in [0.05, 0.1) is 36.7 Å². The first-order valence-corrected chi connectivity index (χ1v) is 16.4. The van der Waals surface area contributed by atoms with Crippen molar-refractivity contribution in [2.45, 2.75) is 50.6 Å². The fraction of sp³-hybridized carbons (Fsp3) is 0.387. The van der Waals surface area contributed by atoms with Gasteiger partial charge in [0, 0.05) is 22.2 Å². The van der Waals surface area contributed by atoms with Gasteiger partial charge in [-0.05, 0) is 72.7 Å². The van der Waals surface area contributed by atoms with Crippen LogP contribution in [0.3, 0.4) is 0 Å². The third-order valence-corrected chi connectivity index (χ3v) is 9.94. The number of sulfonamides is 1. The van der Waals surface area contributed by atoms with Crippen molar-refractivity contribution in [1.29, 1.82) is 0 Å². The van der Waals surface area contributed by atoms with Gasteiger partial charge in [0.1, 0.15) is 5.82 Å². The second-order valence-corrected chi connectivity index (χ2v) is 14.4. The van der Waals surface area contributed by atoms with Crippen molar-refractivity contribution in [3.05, 3.63) is 94.1 Å². The van der Waals surface area contributed by atoms with E-state index in [1.54, 1.807) is 48.2 Å². The molecule has 2 heterocycles. The number of carbonyl (C=O) groups excluding carboxylic acids is 1. The lowest BCUT2D eigenvalue weighted by atomic mass is 9.67. The predicted octanol–water partition coefficient (Wildman–Crippen LogP) is 6.17. The van der Waals surface area contributed by atoms with Crippen LogP contribution in [0, 0.1) is 11.3 Å². The molecule has 5 rings (SSSR count). The maximum Gasteiger partial charge on any atom is 0.304 e. The highest BCUT2D eigenvalue weighted by Gasteiger charge is 2.55. The summed E-state index contributed by atoms with van der Waals surface area (Å²) < 4.78 is 27.5. The Bertz CT molecular complexity index is 1570. The topological polar surface area (TPSA) is 108 Å². The third-order valence-electron chi connectivity index (χ3n) is 8.31. The Balaban J connectivity index is 1.70. The summed E-state index contributed by atoms with van der Waals surface area (Å²) in [4.78, 5) is 32.8. The van der Waals surface area contributed by atoms with Gasteiger partial charge in [0.15, 0.2) is 0 Å². The molecule has 1 aliphatic carbocycles. The fourth-order valence-electron chi connectivity index (χ4n) is 6.26. The van der Waals surface area contributed by atoms with Crippen molar-refractivity contribution in [1.82, 2.24) is 9.88 Å². The first-order chi connectivity index (χ1) is 19.9. The summed E-state index contributed by atoms with van der Waals surface area (Å²) in [6, 6.07) is 18.7. The number of halogens is 2. The van der Waals surface area contributed by atoms with E-state index in [4.69, 9.17) is 23.2 Å². The molecular formula is C31H33Cl2N3O5S. The van der Waals surface area contributed by atoms with Crippen LogP contribution in [0.25, 0.3) is 0 Å². The van der Waals surface area contributed by atoms with E-state index in [9.17, 15) is 23.1 Å². The van der Waals surface area contributed by atoms with E-state index in [1.165, 1.54) is 10.5 Å². The molecule has 3 aromatic rings. The molecule has 0 radical (unpaired) electrons. The van der Waals surface area contributed by atoms with Crippen molar-refractivity contribution in [3.8, 4) is 0 Å². The van der Waals surface area contributed by atoms with E-state index in [-0.39, 0.29) is 42.9 Å². The number of pyridine rings is 1. The normalized spacial score (nSPS) is 23.4. The van der Waals surface area contributed by atoms with E-state index in [0.29, 0.717) is 10.0 Å². The number of anilines is 1. The second kappa shape index (κ2) is 11.9. The molecule has 0 spiro atoms. The molecule has 4 atom stereocenters. The minimum atomic E-state index is -3.78. The van der Waals surface area contributed by atoms with Crippen LogP contribution < -0.4 is 4.31 Å². The van der Waals surface area contributed by atoms with E-state index < -0.39 is 33.5 Å². The lowest BCUT2D eigenvalue weighted by molar-refractivity contribution is -0.160. The molecule has 2 fully saturated rings. The fourth-order valence-corrected chi connectivity index (χ4v) is 7.46. The standard InChI is InChI=1S/C31H33Cl2N3O5S/c1-31(18-28(37)38)17-25(22-6-5-7-24(33)16-22)29(21-11-13-23(32)14-12-21)36(30(31)39)26(20-9-10-20)19-35(42(2,40)41)27-8-3-4-15-34-27/h3-8,11-16,20,25-26,29H,9-10,17-19H2,1-2H3,(H,37,38)/t25?,26-,29-,31-/m1/s1. The molecule has 1 saturated carbocycles. The van der Waals surface area contributed by atoms with Gasteiger partial charge in [-0.15, -0.1) is 0 Å². The lowest BCUT2D eigenvalue weighted by Crippen LogP contribution is -2.59. The zero-order chi connectivity index (χ0) is 30.2. The number of rotatable bonds is 10. The number of piperidine rings is 1. The number of carboxylic acid groups (broad SMARTS) is 1. The van der Waals surface area contributed by atoms with Crippen LogP contribution in [-0.2, 0) is 19.6 Å². The Hall–Kier alpha value is -3.14. The highest BCUT2D eigenvalue weighted by Crippen LogP contribution is 2.54. The number of likely N-dealkylation sites (tertiary alicyclic amines) is 1. The van der Waals surface area contributed by atoms with Gasteiger partial charge in [-0.1, -0.05) is 60.5 Å². The van der Waals surface area contributed by atoms with Crippen LogP contribution in [0.5, 0.6) is 0 Å². The SMILES string of the molecule is C[C@]1(CC(=O)O)CC(c2cccc(Cl)c2)[C@@H](c2ccc(Cl)cc2)N([C@H](CN(c2ccccn2)S(C)(=O)=O)C2CC2)C1=O. The molecule has 8 nitrogen and oxygen atoms in total. The van der Waals surface area contributed by atoms with E-state index in [1.807, 2.05) is 30.3 Å². The summed E-state index contributed by atoms with van der Waals surface area (Å²) >= 11 is 12.7. The number of benzene rings is 2. The number of nitrogens with zero attached hydrogens (tertiary/aromatic N) is 3. The summed E-state index contributed by atoms with van der Waals surface area (Å²) in [6.07, 6.45) is 4.21. The Morgan fingerprint density at radius 3 is 2.36 bits per heavy atom. The van der Waals surface area contributed by atoms with E-state index in [0.717, 1.165) is 30.2 Å². The molecule has 1 aliphatic heterocycles. The molecule has 2 aliphatic rings. The van der Waals surface area contributed by atoms with Crippen molar-refractivity contribution in [2.24, 2.45) is 11.3 Å². The quantitative estimate of drug-likeness (QED) is 0.287. The maximum atomic E-state index is 14.6. The molecule has 222 valence electrons. The Labute approximate surface area is 256 Å². The number of hydrogen-bond donors (Lipinski definition) is 1. The summed E-state index contributed by atoms with van der Waals surface area (Å²) in [5.41, 5.74) is 0.454. The van der Waals surface area contributed by atoms with Crippen LogP contribution in [0.4, 0.5) is 5.82 Å². The van der Waals surface area contributed by atoms with Gasteiger partial charge < -0.3 is 10.0 Å². The Morgan fingerprint density at radius 1 is 1.07 bits per heavy atom. The number of carboxylic acids is 1. The highest BCUT2D eigenvalue weighted by molar-refractivity contribution is 7.92. The summed E-state index contributed by atoms with van der Waals surface area (Å²) in [7, 11) is -3.78. The first kappa shape index (κ1) is 30.3. The zero-order valence-electron chi connectivity index (χ0n) is 23.4. The second-order valence-electron chi connectivity index (χ2n) is 11.6. The largest absolute Gasteiger partial charge is 0.481 e. The third kappa shape index (κ3) is 6.43. The minimum Gasteiger partial charge on any atom is -0.481 e. The summed E-state index contributed by atoms with van der Waals surface area (Å²) in [5, 5.41) is 11.0. The first-order valence-electron chi connectivity index (χ1n) is 13.8. The van der Waals surface area contributed by atoms with Gasteiger partial charge >= 0.3 is 5.97 Å². The number of carbonyl (C=O) groups is 2. The Morgan fingerprint density at radius 2 is 1.79 bits per heavy atom. The number of aromatic nitrogens is 1. The molecule has 0 bridgehead atoms. The molecule has 2 aromatic carbocycles. The van der Waals surface area contributed by atoms with Gasteiger partial charge in [-0.2, -0.15) is 0 Å². The van der Waals surface area contributed by atoms with Crippen molar-refractivity contribution < 1.29 is 23.1 Å². The van der Waals surface area contributed by atoms with Crippen molar-refractivity contribution >= 4 is 50.9 Å². The molecule has 11 heteroatoms. The van der Waals surface area contributed by atoms with Gasteiger partial charge in [-0.3, -0.25) is 13.9 Å². The summed E-state index contributed by atoms with van der Waals surface area (Å²) in [6.45, 7) is 1.69. The predicted molar refractivity (Wildman–Crippen MR) is 163 cm³/mol. The highest BCUT2D eigenvalue weighted by atomic mass is 35.5. The number of amides is 1. The summed E-state index contributed by atoms with van der Waals surface area (Å²) in [5.74, 6) is -1.42. The number of hydrogen-bond acceptors (Lipinski definition) is 5. The molecule has 42 heavy (non-hydrogen) atoms. The van der Waals surface area contributed by atoms with E-state index >= 15 is 0 Å². The van der Waals surface area contributed by atoms with E-state index in [2.05, 4.69) is 4.98 Å². The van der Waals surface area contributed by atoms with Crippen LogP contribution in [0.2, 0.25) is 10.0 Å². The van der Waals surface area contributed by atoms with Gasteiger partial charge in [0.25, 0.3) is 0 Å². The monoisotopic (exact) mass is 629 g/mol. The van der Waals surface area contributed by atoms with Gasteiger partial charge in [0.2, 0.25) is 15.9 Å². The minimum absolute atomic E-state index is 0.0121. The Kier molecular flexibility index (Phi) is 8.56.